The molecule has 26 heavy (non-hydrogen) atoms. The summed E-state index contributed by atoms with van der Waals surface area (Å²) in [4.78, 5) is 0. The second-order valence-corrected chi connectivity index (χ2v) is 12.9. The fourth-order valence-corrected chi connectivity index (χ4v) is 9.37. The van der Waals surface area contributed by atoms with Crippen LogP contribution in [0.3, 0.4) is 0 Å². The predicted octanol–water partition coefficient (Wildman–Crippen LogP) is 4.04. The van der Waals surface area contributed by atoms with Crippen molar-refractivity contribution in [3.63, 3.8) is 0 Å². The lowest BCUT2D eigenvalue weighted by Crippen LogP contribution is -2.66. The molecule has 1 aromatic heterocycles. The Bertz CT molecular complexity index is 807. The first kappa shape index (κ1) is 18.7. The van der Waals surface area contributed by atoms with Gasteiger partial charge in [-0.3, -0.25) is 0 Å². The lowest BCUT2D eigenvalue weighted by Gasteiger charge is -2.43. The Balaban J connectivity index is 2.23. The third-order valence-electron chi connectivity index (χ3n) is 5.53. The number of hydrogen-bond donors (Lipinski definition) is 0. The molecular formula is C23H30NOSi+. The molecule has 0 fully saturated rings. The summed E-state index contributed by atoms with van der Waals surface area (Å²) in [6.07, 6.45) is 0. The Hall–Kier alpha value is -2.13. The maximum atomic E-state index is 6.21. The van der Waals surface area contributed by atoms with Crippen molar-refractivity contribution in [3.05, 3.63) is 78.2 Å². The third kappa shape index (κ3) is 3.28. The smallest absolute Gasteiger partial charge is 0.228 e. The molecule has 3 heteroatoms. The zero-order valence-corrected chi connectivity index (χ0v) is 17.6. The summed E-state index contributed by atoms with van der Waals surface area (Å²) in [6.45, 7) is 12.3. The van der Waals surface area contributed by atoms with E-state index in [4.69, 9.17) is 4.52 Å². The molecule has 2 nitrogen and oxygen atoms in total. The van der Waals surface area contributed by atoms with Crippen molar-refractivity contribution >= 4 is 18.4 Å². The number of benzene rings is 2. The van der Waals surface area contributed by atoms with Gasteiger partial charge in [-0.15, -0.1) is 0 Å². The maximum absolute atomic E-state index is 6.21. The summed E-state index contributed by atoms with van der Waals surface area (Å²) in [5, 5.41) is 3.08. The van der Waals surface area contributed by atoms with Crippen LogP contribution in [0.2, 0.25) is 5.04 Å². The number of rotatable bonds is 5. The molecule has 3 aromatic rings. The second kappa shape index (κ2) is 7.24. The van der Waals surface area contributed by atoms with Gasteiger partial charge in [0.2, 0.25) is 5.69 Å². The van der Waals surface area contributed by atoms with Crippen LogP contribution < -0.4 is 15.1 Å². The SMILES string of the molecule is CC[n+]1oc(C[Si](c2ccccc2)(c2ccccc2)C(C)(C)C)cc1C. The monoisotopic (exact) mass is 364 g/mol. The lowest BCUT2D eigenvalue weighted by molar-refractivity contribution is -0.866. The van der Waals surface area contributed by atoms with Crippen LogP contribution in [-0.2, 0) is 12.6 Å². The molecule has 1 heterocycles. The standard InChI is InChI=1S/C23H30NOSi/c1-6-24-19(2)17-20(25-24)18-26(23(3,4)5,21-13-9-7-10-14-21)22-15-11-8-12-16-22/h7-17H,6,18H2,1-5H3/q+1. The van der Waals surface area contributed by atoms with Gasteiger partial charge in [0.05, 0.1) is 6.07 Å². The van der Waals surface area contributed by atoms with Gasteiger partial charge in [-0.05, 0) is 16.7 Å². The van der Waals surface area contributed by atoms with Crippen molar-refractivity contribution < 1.29 is 9.26 Å². The molecule has 0 radical (unpaired) electrons. The summed E-state index contributed by atoms with van der Waals surface area (Å²) >= 11 is 0. The maximum Gasteiger partial charge on any atom is 0.228 e. The van der Waals surface area contributed by atoms with E-state index in [0.717, 1.165) is 18.3 Å². The molecule has 0 aliphatic rings. The zero-order valence-electron chi connectivity index (χ0n) is 16.6. The number of aromatic nitrogens is 1. The number of nitrogens with zero attached hydrogens (tertiary/aromatic N) is 1. The number of hydrogen-bond acceptors (Lipinski definition) is 1. The molecule has 0 N–H and O–H groups in total. The van der Waals surface area contributed by atoms with Crippen LogP contribution in [0.4, 0.5) is 0 Å². The highest BCUT2D eigenvalue weighted by Crippen LogP contribution is 2.38. The van der Waals surface area contributed by atoms with Crippen LogP contribution in [0.25, 0.3) is 0 Å². The van der Waals surface area contributed by atoms with Gasteiger partial charge in [0, 0.05) is 13.0 Å². The van der Waals surface area contributed by atoms with Crippen LogP contribution in [0.1, 0.15) is 39.1 Å². The van der Waals surface area contributed by atoms with Gasteiger partial charge < -0.3 is 0 Å². The molecule has 0 aliphatic heterocycles. The molecule has 0 unspecified atom stereocenters. The molecular weight excluding hydrogens is 334 g/mol. The fraction of sp³-hybridized carbons (Fsp3) is 0.348. The van der Waals surface area contributed by atoms with Crippen molar-refractivity contribution in [2.75, 3.05) is 0 Å². The molecule has 0 spiro atoms. The van der Waals surface area contributed by atoms with E-state index in [-0.39, 0.29) is 5.04 Å². The highest BCUT2D eigenvalue weighted by atomic mass is 28.3. The molecule has 3 rings (SSSR count). The highest BCUT2D eigenvalue weighted by molar-refractivity contribution is 7.03. The predicted molar refractivity (Wildman–Crippen MR) is 111 cm³/mol. The van der Waals surface area contributed by atoms with Crippen LogP contribution in [0.5, 0.6) is 0 Å². The molecule has 0 aliphatic carbocycles. The molecule has 0 saturated heterocycles. The van der Waals surface area contributed by atoms with E-state index < -0.39 is 8.07 Å². The van der Waals surface area contributed by atoms with Crippen molar-refractivity contribution in [3.8, 4) is 0 Å². The van der Waals surface area contributed by atoms with Gasteiger partial charge in [-0.25, -0.2) is 4.52 Å². The summed E-state index contributed by atoms with van der Waals surface area (Å²) in [5.74, 6) is 1.10. The second-order valence-electron chi connectivity index (χ2n) is 8.10. The van der Waals surface area contributed by atoms with Gasteiger partial charge in [0.1, 0.15) is 8.07 Å². The van der Waals surface area contributed by atoms with Gasteiger partial charge in [-0.1, -0.05) is 91.8 Å². The first-order chi connectivity index (χ1) is 12.4. The first-order valence-electron chi connectivity index (χ1n) is 9.49. The summed E-state index contributed by atoms with van der Waals surface area (Å²) in [5.41, 5.74) is 1.19. The largest absolute Gasteiger partial charge is 0.241 e. The minimum atomic E-state index is -2.12. The number of aryl methyl sites for hydroxylation is 2. The van der Waals surface area contributed by atoms with E-state index in [1.165, 1.54) is 16.1 Å². The topological polar surface area (TPSA) is 17.0 Å². The molecule has 0 amide bonds. The average Bonchev–Trinajstić information content (AvgIpc) is 2.99. The lowest BCUT2D eigenvalue weighted by atomic mass is 10.2. The van der Waals surface area contributed by atoms with Crippen LogP contribution in [0, 0.1) is 6.92 Å². The molecule has 0 saturated carbocycles. The van der Waals surface area contributed by atoms with Crippen molar-refractivity contribution in [2.24, 2.45) is 0 Å². The van der Waals surface area contributed by atoms with Gasteiger partial charge in [0.15, 0.2) is 12.3 Å². The highest BCUT2D eigenvalue weighted by Gasteiger charge is 2.48. The van der Waals surface area contributed by atoms with Crippen molar-refractivity contribution in [1.82, 2.24) is 0 Å². The zero-order chi connectivity index (χ0) is 18.8. The van der Waals surface area contributed by atoms with E-state index in [0.29, 0.717) is 0 Å². The van der Waals surface area contributed by atoms with Crippen molar-refractivity contribution in [2.45, 2.75) is 52.2 Å². The van der Waals surface area contributed by atoms with E-state index >= 15 is 0 Å². The summed E-state index contributed by atoms with van der Waals surface area (Å²) in [7, 11) is -2.12. The minimum absolute atomic E-state index is 0.146. The minimum Gasteiger partial charge on any atom is -0.241 e. The molecule has 0 bridgehead atoms. The average molecular weight is 365 g/mol. The fourth-order valence-electron chi connectivity index (χ4n) is 4.15. The quantitative estimate of drug-likeness (QED) is 0.493. The van der Waals surface area contributed by atoms with E-state index in [2.05, 4.69) is 101 Å². The summed E-state index contributed by atoms with van der Waals surface area (Å²) in [6, 6.07) is 25.4. The molecule has 0 atom stereocenters. The Labute approximate surface area is 158 Å². The Morgan fingerprint density at radius 1 is 0.885 bits per heavy atom. The van der Waals surface area contributed by atoms with Crippen LogP contribution in [0.15, 0.2) is 71.3 Å². The Morgan fingerprint density at radius 3 is 1.77 bits per heavy atom. The Morgan fingerprint density at radius 2 is 1.38 bits per heavy atom. The van der Waals surface area contributed by atoms with E-state index in [1.54, 1.807) is 0 Å². The molecule has 2 aromatic carbocycles. The van der Waals surface area contributed by atoms with E-state index in [1.807, 2.05) is 4.74 Å². The van der Waals surface area contributed by atoms with Crippen LogP contribution in [-0.4, -0.2) is 8.07 Å². The summed E-state index contributed by atoms with van der Waals surface area (Å²) < 4.78 is 8.20. The van der Waals surface area contributed by atoms with Crippen LogP contribution >= 0.6 is 0 Å². The van der Waals surface area contributed by atoms with Gasteiger partial charge >= 0.3 is 0 Å². The van der Waals surface area contributed by atoms with Gasteiger partial charge in [0.25, 0.3) is 0 Å². The third-order valence-corrected chi connectivity index (χ3v) is 11.6. The van der Waals surface area contributed by atoms with E-state index in [9.17, 15) is 0 Å². The normalized spacial score (nSPS) is 12.3. The van der Waals surface area contributed by atoms with Crippen molar-refractivity contribution in [1.29, 1.82) is 0 Å². The molecule has 136 valence electrons. The first-order valence-corrected chi connectivity index (χ1v) is 11.7. The van der Waals surface area contributed by atoms with Gasteiger partial charge in [-0.2, -0.15) is 0 Å². The Kier molecular flexibility index (Phi) is 5.19.